The number of hydrogen-bond acceptors (Lipinski definition) is 3. The van der Waals surface area contributed by atoms with Gasteiger partial charge in [0, 0.05) is 17.3 Å². The topological polar surface area (TPSA) is 52.7 Å². The molecule has 0 saturated carbocycles. The van der Waals surface area contributed by atoms with E-state index in [4.69, 9.17) is 0 Å². The molecule has 3 rings (SSSR count). The third kappa shape index (κ3) is 2.58. The monoisotopic (exact) mass is 276 g/mol. The van der Waals surface area contributed by atoms with E-state index in [1.807, 2.05) is 0 Å². The van der Waals surface area contributed by atoms with Crippen molar-refractivity contribution in [2.45, 2.75) is 64.8 Å². The molecule has 1 fully saturated rings. The van der Waals surface area contributed by atoms with Crippen LogP contribution in [0.5, 0.6) is 0 Å². The number of piperidine rings is 1. The van der Waals surface area contributed by atoms with Gasteiger partial charge in [0.05, 0.1) is 0 Å². The van der Waals surface area contributed by atoms with Crippen molar-refractivity contribution in [3.05, 3.63) is 11.3 Å². The van der Waals surface area contributed by atoms with Gasteiger partial charge < -0.3 is 10.6 Å². The van der Waals surface area contributed by atoms with Crippen LogP contribution in [0.4, 0.5) is 5.82 Å². The van der Waals surface area contributed by atoms with Crippen LogP contribution >= 0.6 is 0 Å². The highest BCUT2D eigenvalue weighted by molar-refractivity contribution is 5.53. The number of nitrogens with one attached hydrogen (secondary N) is 3. The molecule has 0 amide bonds. The Hall–Kier alpha value is -1.03. The zero-order valence-electron chi connectivity index (χ0n) is 13.3. The standard InChI is InChI=1S/C16H28N4/c1-15(2)9-12-13(16(3,4)10-15)14(20-19-12)18-11-5-7-17-8-6-11/h11,17H,5-10H2,1-4H3,(H2,18,19,20). The molecule has 3 N–H and O–H groups in total. The third-order valence-electron chi connectivity index (χ3n) is 4.77. The average Bonchev–Trinajstić information content (AvgIpc) is 2.71. The van der Waals surface area contributed by atoms with Crippen molar-refractivity contribution in [1.82, 2.24) is 15.5 Å². The van der Waals surface area contributed by atoms with Crippen molar-refractivity contribution in [1.29, 1.82) is 0 Å². The highest BCUT2D eigenvalue weighted by Crippen LogP contribution is 2.47. The van der Waals surface area contributed by atoms with Crippen LogP contribution in [0.2, 0.25) is 0 Å². The number of H-pyrrole nitrogens is 1. The fraction of sp³-hybridized carbons (Fsp3) is 0.812. The Bertz CT molecular complexity index is 481. The number of aromatic amines is 1. The van der Waals surface area contributed by atoms with Gasteiger partial charge in [0.25, 0.3) is 0 Å². The van der Waals surface area contributed by atoms with E-state index in [1.54, 1.807) is 0 Å². The maximum atomic E-state index is 4.60. The zero-order chi connectivity index (χ0) is 14.4. The summed E-state index contributed by atoms with van der Waals surface area (Å²) in [5.74, 6) is 1.10. The first-order valence-electron chi connectivity index (χ1n) is 7.92. The predicted octanol–water partition coefficient (Wildman–Crippen LogP) is 2.82. The van der Waals surface area contributed by atoms with Crippen LogP contribution in [-0.4, -0.2) is 29.3 Å². The lowest BCUT2D eigenvalue weighted by Gasteiger charge is -2.40. The maximum Gasteiger partial charge on any atom is 0.152 e. The molecule has 0 unspecified atom stereocenters. The summed E-state index contributed by atoms with van der Waals surface area (Å²) in [6.45, 7) is 11.7. The van der Waals surface area contributed by atoms with Crippen LogP contribution in [0.1, 0.15) is 58.2 Å². The Balaban J connectivity index is 1.86. The van der Waals surface area contributed by atoms with Gasteiger partial charge in [0.1, 0.15) is 0 Å². The number of hydrogen-bond donors (Lipinski definition) is 3. The van der Waals surface area contributed by atoms with Gasteiger partial charge in [-0.05, 0) is 49.6 Å². The summed E-state index contributed by atoms with van der Waals surface area (Å²) in [5.41, 5.74) is 3.31. The van der Waals surface area contributed by atoms with Crippen LogP contribution < -0.4 is 10.6 Å². The molecule has 2 heterocycles. The van der Waals surface area contributed by atoms with E-state index < -0.39 is 0 Å². The molecule has 0 bridgehead atoms. The minimum atomic E-state index is 0.194. The van der Waals surface area contributed by atoms with E-state index in [-0.39, 0.29) is 5.41 Å². The summed E-state index contributed by atoms with van der Waals surface area (Å²) in [7, 11) is 0. The van der Waals surface area contributed by atoms with Gasteiger partial charge in [-0.25, -0.2) is 0 Å². The summed E-state index contributed by atoms with van der Waals surface area (Å²) < 4.78 is 0. The molecule has 1 aliphatic heterocycles. The van der Waals surface area contributed by atoms with Gasteiger partial charge in [-0.3, -0.25) is 5.10 Å². The molecule has 2 aliphatic rings. The van der Waals surface area contributed by atoms with Crippen molar-refractivity contribution in [2.75, 3.05) is 18.4 Å². The van der Waals surface area contributed by atoms with E-state index >= 15 is 0 Å². The molecule has 1 aromatic heterocycles. The molecule has 0 aromatic carbocycles. The molecule has 4 heteroatoms. The second-order valence-corrected chi connectivity index (χ2v) is 8.00. The predicted molar refractivity (Wildman–Crippen MR) is 83.2 cm³/mol. The number of nitrogens with zero attached hydrogens (tertiary/aromatic N) is 1. The van der Waals surface area contributed by atoms with Crippen LogP contribution in [0.3, 0.4) is 0 Å². The van der Waals surface area contributed by atoms with Crippen LogP contribution in [0, 0.1) is 5.41 Å². The van der Waals surface area contributed by atoms with Crippen molar-refractivity contribution < 1.29 is 0 Å². The molecule has 1 aliphatic carbocycles. The summed E-state index contributed by atoms with van der Waals surface area (Å²) >= 11 is 0. The highest BCUT2D eigenvalue weighted by Gasteiger charge is 2.41. The molecule has 4 nitrogen and oxygen atoms in total. The Labute approximate surface area is 122 Å². The quantitative estimate of drug-likeness (QED) is 0.778. The molecular formula is C16H28N4. The maximum absolute atomic E-state index is 4.60. The third-order valence-corrected chi connectivity index (χ3v) is 4.77. The molecule has 112 valence electrons. The number of rotatable bonds is 2. The molecule has 1 saturated heterocycles. The fourth-order valence-electron chi connectivity index (χ4n) is 4.32. The molecule has 0 radical (unpaired) electrons. The van der Waals surface area contributed by atoms with Crippen molar-refractivity contribution in [3.63, 3.8) is 0 Å². The van der Waals surface area contributed by atoms with Crippen molar-refractivity contribution in [3.8, 4) is 0 Å². The Kier molecular flexibility index (Phi) is 3.32. The Morgan fingerprint density at radius 3 is 2.55 bits per heavy atom. The number of aromatic nitrogens is 2. The lowest BCUT2D eigenvalue weighted by atomic mass is 9.64. The molecule has 0 atom stereocenters. The first kappa shape index (κ1) is 13.9. The van der Waals surface area contributed by atoms with Crippen molar-refractivity contribution >= 4 is 5.82 Å². The van der Waals surface area contributed by atoms with E-state index in [0.717, 1.165) is 25.3 Å². The second kappa shape index (κ2) is 4.76. The van der Waals surface area contributed by atoms with Crippen LogP contribution in [-0.2, 0) is 11.8 Å². The SMILES string of the molecule is CC1(C)Cc2[nH]nc(NC3CCNCC3)c2C(C)(C)C1. The summed E-state index contributed by atoms with van der Waals surface area (Å²) in [4.78, 5) is 0. The minimum Gasteiger partial charge on any atom is -0.366 e. The summed E-state index contributed by atoms with van der Waals surface area (Å²) in [5, 5.41) is 15.0. The van der Waals surface area contributed by atoms with Gasteiger partial charge in [-0.15, -0.1) is 0 Å². The van der Waals surface area contributed by atoms with E-state index in [2.05, 4.69) is 48.5 Å². The van der Waals surface area contributed by atoms with E-state index in [9.17, 15) is 0 Å². The smallest absolute Gasteiger partial charge is 0.152 e. The van der Waals surface area contributed by atoms with Crippen LogP contribution in [0.15, 0.2) is 0 Å². The van der Waals surface area contributed by atoms with Gasteiger partial charge in [-0.2, -0.15) is 5.10 Å². The van der Waals surface area contributed by atoms with Crippen molar-refractivity contribution in [2.24, 2.45) is 5.41 Å². The lowest BCUT2D eigenvalue weighted by molar-refractivity contribution is 0.230. The minimum absolute atomic E-state index is 0.194. The lowest BCUT2D eigenvalue weighted by Crippen LogP contribution is -2.37. The molecule has 1 aromatic rings. The Morgan fingerprint density at radius 2 is 1.85 bits per heavy atom. The summed E-state index contributed by atoms with van der Waals surface area (Å²) in [6.07, 6.45) is 4.70. The normalized spacial score (nSPS) is 25.2. The number of anilines is 1. The fourth-order valence-corrected chi connectivity index (χ4v) is 4.32. The van der Waals surface area contributed by atoms with Crippen LogP contribution in [0.25, 0.3) is 0 Å². The zero-order valence-corrected chi connectivity index (χ0v) is 13.3. The average molecular weight is 276 g/mol. The highest BCUT2D eigenvalue weighted by atomic mass is 15.2. The number of fused-ring (bicyclic) bond motifs is 1. The van der Waals surface area contributed by atoms with Gasteiger partial charge in [0.15, 0.2) is 5.82 Å². The molecular weight excluding hydrogens is 248 g/mol. The van der Waals surface area contributed by atoms with Gasteiger partial charge in [0.2, 0.25) is 0 Å². The Morgan fingerprint density at radius 1 is 1.15 bits per heavy atom. The summed E-state index contributed by atoms with van der Waals surface area (Å²) in [6, 6.07) is 0.564. The second-order valence-electron chi connectivity index (χ2n) is 8.00. The van der Waals surface area contributed by atoms with E-state index in [1.165, 1.54) is 30.5 Å². The molecule has 20 heavy (non-hydrogen) atoms. The molecule has 0 spiro atoms. The largest absolute Gasteiger partial charge is 0.366 e. The first-order chi connectivity index (χ1) is 9.37. The van der Waals surface area contributed by atoms with Gasteiger partial charge in [-0.1, -0.05) is 27.7 Å². The first-order valence-corrected chi connectivity index (χ1v) is 7.92. The van der Waals surface area contributed by atoms with Gasteiger partial charge >= 0.3 is 0 Å². The van der Waals surface area contributed by atoms with E-state index in [0.29, 0.717) is 11.5 Å².